The Morgan fingerprint density at radius 3 is 1.65 bits per heavy atom. The van der Waals surface area contributed by atoms with Crippen LogP contribution in [0.5, 0.6) is 0 Å². The van der Waals surface area contributed by atoms with Gasteiger partial charge < -0.3 is 5.73 Å². The monoisotopic (exact) mass is 342 g/mol. The number of amides is 2. The minimum atomic E-state index is -0.545. The molecule has 4 aromatic rings. The lowest BCUT2D eigenvalue weighted by Crippen LogP contribution is -2.32. The normalized spacial score (nSPS) is 11.0. The molecule has 2 N–H and O–H groups in total. The van der Waals surface area contributed by atoms with Crippen LogP contribution < -0.4 is 10.6 Å². The number of aryl methyl sites for hydroxylation is 2. The Labute approximate surface area is 151 Å². The van der Waals surface area contributed by atoms with Crippen LogP contribution in [-0.4, -0.2) is 16.0 Å². The third kappa shape index (κ3) is 2.63. The summed E-state index contributed by atoms with van der Waals surface area (Å²) >= 11 is 0. The molecule has 0 fully saturated rings. The van der Waals surface area contributed by atoms with E-state index >= 15 is 0 Å². The van der Waals surface area contributed by atoms with E-state index in [9.17, 15) is 4.79 Å². The number of urea groups is 1. The van der Waals surface area contributed by atoms with Crippen LogP contribution in [0.1, 0.15) is 11.4 Å². The van der Waals surface area contributed by atoms with Gasteiger partial charge in [0.2, 0.25) is 0 Å². The number of rotatable bonds is 2. The molecule has 2 heterocycles. The molecule has 2 aromatic heterocycles. The van der Waals surface area contributed by atoms with E-state index in [1.807, 2.05) is 74.5 Å². The Balaban J connectivity index is 2.07. The molecule has 0 bridgehead atoms. The van der Waals surface area contributed by atoms with Gasteiger partial charge in [-0.2, -0.15) is 0 Å². The molecule has 0 atom stereocenters. The lowest BCUT2D eigenvalue weighted by molar-refractivity contribution is 0.256. The molecule has 5 heteroatoms. The Kier molecular flexibility index (Phi) is 3.77. The number of nitrogens with zero attached hydrogens (tertiary/aromatic N) is 3. The number of pyridine rings is 2. The maximum atomic E-state index is 12.5. The molecule has 0 aliphatic rings. The van der Waals surface area contributed by atoms with E-state index in [1.54, 1.807) is 4.90 Å². The predicted octanol–water partition coefficient (Wildman–Crippen LogP) is 4.62. The maximum absolute atomic E-state index is 12.5. The summed E-state index contributed by atoms with van der Waals surface area (Å²) in [4.78, 5) is 23.2. The number of carbonyl (C=O) groups is 1. The third-order valence-electron chi connectivity index (χ3n) is 4.35. The summed E-state index contributed by atoms with van der Waals surface area (Å²) in [6, 6.07) is 18.7. The van der Waals surface area contributed by atoms with E-state index in [0.717, 1.165) is 44.6 Å². The Hall–Kier alpha value is -3.47. The average Bonchev–Trinajstić information content (AvgIpc) is 2.61. The van der Waals surface area contributed by atoms with Crippen molar-refractivity contribution in [3.05, 3.63) is 72.1 Å². The molecule has 26 heavy (non-hydrogen) atoms. The molecule has 4 rings (SSSR count). The van der Waals surface area contributed by atoms with E-state index in [-0.39, 0.29) is 0 Å². The summed E-state index contributed by atoms with van der Waals surface area (Å²) in [5, 5.41) is 1.74. The van der Waals surface area contributed by atoms with Gasteiger partial charge in [-0.1, -0.05) is 36.4 Å². The summed E-state index contributed by atoms with van der Waals surface area (Å²) in [5.41, 5.74) is 10.6. The Morgan fingerprint density at radius 1 is 0.808 bits per heavy atom. The molecule has 128 valence electrons. The second kappa shape index (κ2) is 6.11. The van der Waals surface area contributed by atoms with Gasteiger partial charge in [-0.15, -0.1) is 0 Å². The average molecular weight is 342 g/mol. The Bertz CT molecular complexity index is 1070. The van der Waals surface area contributed by atoms with Gasteiger partial charge in [-0.25, -0.2) is 4.79 Å². The number of hydrogen-bond donors (Lipinski definition) is 1. The fourth-order valence-corrected chi connectivity index (χ4v) is 3.31. The first-order valence-electron chi connectivity index (χ1n) is 8.37. The quantitative estimate of drug-likeness (QED) is 0.578. The van der Waals surface area contributed by atoms with E-state index < -0.39 is 6.03 Å². The molecule has 0 unspecified atom stereocenters. The van der Waals surface area contributed by atoms with Gasteiger partial charge in [0.1, 0.15) is 0 Å². The molecule has 5 nitrogen and oxygen atoms in total. The summed E-state index contributed by atoms with van der Waals surface area (Å²) in [6.45, 7) is 3.82. The van der Waals surface area contributed by atoms with Crippen LogP contribution >= 0.6 is 0 Å². The number of aromatic nitrogens is 2. The zero-order chi connectivity index (χ0) is 18.3. The number of primary amides is 1. The van der Waals surface area contributed by atoms with Gasteiger partial charge in [0, 0.05) is 22.2 Å². The number of nitrogens with two attached hydrogens (primary N) is 1. The van der Waals surface area contributed by atoms with E-state index in [4.69, 9.17) is 5.73 Å². The third-order valence-corrected chi connectivity index (χ3v) is 4.35. The van der Waals surface area contributed by atoms with Crippen LogP contribution in [0.3, 0.4) is 0 Å². The minimum absolute atomic E-state index is 0.545. The highest BCUT2D eigenvalue weighted by atomic mass is 16.2. The van der Waals surface area contributed by atoms with Gasteiger partial charge in [-0.05, 0) is 38.1 Å². The fourth-order valence-electron chi connectivity index (χ4n) is 3.31. The fraction of sp³-hybridized carbons (Fsp3) is 0.0952. The van der Waals surface area contributed by atoms with Crippen molar-refractivity contribution >= 4 is 39.2 Å². The highest BCUT2D eigenvalue weighted by Gasteiger charge is 2.21. The standard InChI is InChI=1S/C21H18N4O/c1-13-11-19(15-7-3-5-9-17(15)23-13)25(21(22)26)20-12-14(2)24-18-10-6-4-8-16(18)20/h3-12H,1-2H3,(H2,22,26). The van der Waals surface area contributed by atoms with E-state index in [2.05, 4.69) is 9.97 Å². The Morgan fingerprint density at radius 2 is 1.23 bits per heavy atom. The van der Waals surface area contributed by atoms with Crippen molar-refractivity contribution in [3.63, 3.8) is 0 Å². The summed E-state index contributed by atoms with van der Waals surface area (Å²) in [7, 11) is 0. The molecule has 0 saturated carbocycles. The first-order valence-corrected chi connectivity index (χ1v) is 8.37. The van der Waals surface area contributed by atoms with E-state index in [0.29, 0.717) is 0 Å². The largest absolute Gasteiger partial charge is 0.351 e. The smallest absolute Gasteiger partial charge is 0.323 e. The molecule has 2 amide bonds. The number of hydrogen-bond acceptors (Lipinski definition) is 3. The zero-order valence-electron chi connectivity index (χ0n) is 14.6. The second-order valence-electron chi connectivity index (χ2n) is 6.27. The van der Waals surface area contributed by atoms with Gasteiger partial charge in [0.25, 0.3) is 0 Å². The van der Waals surface area contributed by atoms with Gasteiger partial charge in [0.05, 0.1) is 22.4 Å². The molecule has 0 aliphatic heterocycles. The lowest BCUT2D eigenvalue weighted by atomic mass is 10.1. The first kappa shape index (κ1) is 16.0. The van der Waals surface area contributed by atoms with Crippen LogP contribution in [0.15, 0.2) is 60.7 Å². The topological polar surface area (TPSA) is 72.1 Å². The highest BCUT2D eigenvalue weighted by Crippen LogP contribution is 2.36. The van der Waals surface area contributed by atoms with Crippen molar-refractivity contribution in [2.75, 3.05) is 4.90 Å². The van der Waals surface area contributed by atoms with Crippen LogP contribution in [0.4, 0.5) is 16.2 Å². The van der Waals surface area contributed by atoms with E-state index in [1.165, 1.54) is 0 Å². The molecule has 0 saturated heterocycles. The maximum Gasteiger partial charge on any atom is 0.323 e. The van der Waals surface area contributed by atoms with Crippen LogP contribution in [0.25, 0.3) is 21.8 Å². The van der Waals surface area contributed by atoms with Gasteiger partial charge >= 0.3 is 6.03 Å². The highest BCUT2D eigenvalue weighted by molar-refractivity contribution is 6.11. The van der Waals surface area contributed by atoms with Crippen molar-refractivity contribution < 1.29 is 4.79 Å². The van der Waals surface area contributed by atoms with Crippen molar-refractivity contribution in [2.24, 2.45) is 5.73 Å². The van der Waals surface area contributed by atoms with Crippen molar-refractivity contribution in [1.82, 2.24) is 9.97 Å². The predicted molar refractivity (Wildman–Crippen MR) is 105 cm³/mol. The molecule has 0 spiro atoms. The summed E-state index contributed by atoms with van der Waals surface area (Å²) in [6.07, 6.45) is 0. The summed E-state index contributed by atoms with van der Waals surface area (Å²) in [5.74, 6) is 0. The van der Waals surface area contributed by atoms with Gasteiger partial charge in [0.15, 0.2) is 0 Å². The van der Waals surface area contributed by atoms with Crippen LogP contribution in [0, 0.1) is 13.8 Å². The minimum Gasteiger partial charge on any atom is -0.351 e. The SMILES string of the molecule is Cc1cc(N(C(N)=O)c2cc(C)nc3ccccc23)c2ccccc2n1. The first-order chi connectivity index (χ1) is 12.5. The second-order valence-corrected chi connectivity index (χ2v) is 6.27. The molecule has 0 radical (unpaired) electrons. The molecule has 2 aromatic carbocycles. The van der Waals surface area contributed by atoms with Crippen LogP contribution in [-0.2, 0) is 0 Å². The number of carbonyl (C=O) groups excluding carboxylic acids is 1. The number of fused-ring (bicyclic) bond motifs is 2. The molecule has 0 aliphatic carbocycles. The number of para-hydroxylation sites is 2. The van der Waals surface area contributed by atoms with Crippen molar-refractivity contribution in [1.29, 1.82) is 0 Å². The van der Waals surface area contributed by atoms with Crippen molar-refractivity contribution in [3.8, 4) is 0 Å². The summed E-state index contributed by atoms with van der Waals surface area (Å²) < 4.78 is 0. The lowest BCUT2D eigenvalue weighted by Gasteiger charge is -2.24. The molecular formula is C21H18N4O. The van der Waals surface area contributed by atoms with Crippen LogP contribution in [0.2, 0.25) is 0 Å². The van der Waals surface area contributed by atoms with Gasteiger partial charge in [-0.3, -0.25) is 14.9 Å². The number of benzene rings is 2. The molecular weight excluding hydrogens is 324 g/mol. The number of anilines is 2. The van der Waals surface area contributed by atoms with Crippen molar-refractivity contribution in [2.45, 2.75) is 13.8 Å². The zero-order valence-corrected chi connectivity index (χ0v) is 14.6.